The van der Waals surface area contributed by atoms with Gasteiger partial charge in [-0.1, -0.05) is 30.3 Å². The number of amides is 2. The molecule has 1 aromatic carbocycles. The molecule has 0 spiro atoms. The highest BCUT2D eigenvalue weighted by Crippen LogP contribution is 2.15. The van der Waals surface area contributed by atoms with Gasteiger partial charge in [-0.15, -0.1) is 0 Å². The molecular formula is C17H24N2O3. The summed E-state index contributed by atoms with van der Waals surface area (Å²) in [7, 11) is 0. The van der Waals surface area contributed by atoms with Crippen LogP contribution in [0.1, 0.15) is 18.9 Å². The van der Waals surface area contributed by atoms with Gasteiger partial charge >= 0.3 is 6.03 Å². The molecule has 3 unspecified atom stereocenters. The Morgan fingerprint density at radius 1 is 1.27 bits per heavy atom. The molecule has 5 nitrogen and oxygen atoms in total. The van der Waals surface area contributed by atoms with Crippen molar-refractivity contribution in [3.8, 4) is 0 Å². The van der Waals surface area contributed by atoms with E-state index < -0.39 is 0 Å². The Hall–Kier alpha value is -1.59. The van der Waals surface area contributed by atoms with Crippen LogP contribution >= 0.6 is 0 Å². The fourth-order valence-electron chi connectivity index (χ4n) is 3.08. The molecular weight excluding hydrogens is 280 g/mol. The normalized spacial score (nSPS) is 28.6. The van der Waals surface area contributed by atoms with Crippen molar-refractivity contribution in [1.29, 1.82) is 0 Å². The van der Waals surface area contributed by atoms with Gasteiger partial charge in [0, 0.05) is 26.1 Å². The van der Waals surface area contributed by atoms with Crippen molar-refractivity contribution in [3.05, 3.63) is 35.9 Å². The van der Waals surface area contributed by atoms with Gasteiger partial charge in [-0.25, -0.2) is 4.79 Å². The molecule has 120 valence electrons. The number of hydrogen-bond donors (Lipinski definition) is 1. The Labute approximate surface area is 131 Å². The molecule has 0 aromatic heterocycles. The molecule has 2 aliphatic heterocycles. The minimum atomic E-state index is 0.00344. The second-order valence-corrected chi connectivity index (χ2v) is 6.05. The van der Waals surface area contributed by atoms with Crippen molar-refractivity contribution >= 4 is 6.03 Å². The smallest absolute Gasteiger partial charge is 0.317 e. The minimum absolute atomic E-state index is 0.00344. The number of nitrogens with zero attached hydrogens (tertiary/aromatic N) is 1. The van der Waals surface area contributed by atoms with Crippen LogP contribution in [0.15, 0.2) is 30.3 Å². The van der Waals surface area contributed by atoms with Crippen LogP contribution in [0.25, 0.3) is 0 Å². The van der Waals surface area contributed by atoms with E-state index in [0.29, 0.717) is 19.7 Å². The summed E-state index contributed by atoms with van der Waals surface area (Å²) < 4.78 is 11.3. The van der Waals surface area contributed by atoms with E-state index in [2.05, 4.69) is 17.4 Å². The molecule has 0 saturated carbocycles. The maximum atomic E-state index is 12.4. The highest BCUT2D eigenvalue weighted by atomic mass is 16.5. The third-order valence-electron chi connectivity index (χ3n) is 4.42. The summed E-state index contributed by atoms with van der Waals surface area (Å²) in [5.41, 5.74) is 1.24. The molecule has 1 aromatic rings. The summed E-state index contributed by atoms with van der Waals surface area (Å²) in [6.45, 7) is 4.63. The third kappa shape index (κ3) is 3.78. The van der Waals surface area contributed by atoms with Gasteiger partial charge in [-0.05, 0) is 18.9 Å². The zero-order chi connectivity index (χ0) is 15.4. The van der Waals surface area contributed by atoms with Gasteiger partial charge in [0.1, 0.15) is 0 Å². The monoisotopic (exact) mass is 304 g/mol. The molecule has 1 N–H and O–H groups in total. The molecule has 2 fully saturated rings. The van der Waals surface area contributed by atoms with E-state index in [-0.39, 0.29) is 24.3 Å². The predicted octanol–water partition coefficient (Wildman–Crippen LogP) is 1.82. The predicted molar refractivity (Wildman–Crippen MR) is 83.8 cm³/mol. The molecule has 2 heterocycles. The quantitative estimate of drug-likeness (QED) is 0.926. The number of ether oxygens (including phenoxy) is 2. The van der Waals surface area contributed by atoms with Crippen molar-refractivity contribution in [2.45, 2.75) is 38.0 Å². The Bertz CT molecular complexity index is 494. The fourth-order valence-corrected chi connectivity index (χ4v) is 3.08. The molecule has 0 bridgehead atoms. The van der Waals surface area contributed by atoms with Crippen LogP contribution < -0.4 is 5.32 Å². The topological polar surface area (TPSA) is 50.8 Å². The van der Waals surface area contributed by atoms with Crippen LogP contribution in [0.4, 0.5) is 4.79 Å². The number of rotatable bonds is 3. The van der Waals surface area contributed by atoms with Crippen molar-refractivity contribution in [3.63, 3.8) is 0 Å². The molecule has 0 aliphatic carbocycles. The van der Waals surface area contributed by atoms with Gasteiger partial charge in [-0.2, -0.15) is 0 Å². The first-order valence-electron chi connectivity index (χ1n) is 8.05. The number of benzene rings is 1. The van der Waals surface area contributed by atoms with E-state index >= 15 is 0 Å². The van der Waals surface area contributed by atoms with Crippen LogP contribution in [-0.4, -0.2) is 55.5 Å². The SMILES string of the molecule is CC1OCCC1NC(=O)N1CCOC(Cc2ccccc2)C1. The van der Waals surface area contributed by atoms with Gasteiger partial charge in [-0.3, -0.25) is 0 Å². The molecule has 0 radical (unpaired) electrons. The van der Waals surface area contributed by atoms with E-state index in [4.69, 9.17) is 9.47 Å². The maximum absolute atomic E-state index is 12.4. The lowest BCUT2D eigenvalue weighted by molar-refractivity contribution is -0.0139. The van der Waals surface area contributed by atoms with Crippen LogP contribution in [0.2, 0.25) is 0 Å². The lowest BCUT2D eigenvalue weighted by atomic mass is 10.1. The van der Waals surface area contributed by atoms with Gasteiger partial charge in [0.05, 0.1) is 24.9 Å². The minimum Gasteiger partial charge on any atom is -0.376 e. The standard InChI is InChI=1S/C17H24N2O3/c1-13-16(7-9-21-13)18-17(20)19-8-10-22-15(12-19)11-14-5-3-2-4-6-14/h2-6,13,15-16H,7-12H2,1H3,(H,18,20). The van der Waals surface area contributed by atoms with E-state index in [1.54, 1.807) is 0 Å². The summed E-state index contributed by atoms with van der Waals surface area (Å²) in [6.07, 6.45) is 1.90. The van der Waals surface area contributed by atoms with Crippen LogP contribution in [0.5, 0.6) is 0 Å². The summed E-state index contributed by atoms with van der Waals surface area (Å²) in [5.74, 6) is 0. The molecule has 3 rings (SSSR count). The highest BCUT2D eigenvalue weighted by molar-refractivity contribution is 5.74. The van der Waals surface area contributed by atoms with Gasteiger partial charge in [0.2, 0.25) is 0 Å². The summed E-state index contributed by atoms with van der Waals surface area (Å²) in [4.78, 5) is 14.3. The highest BCUT2D eigenvalue weighted by Gasteiger charge is 2.30. The Morgan fingerprint density at radius 3 is 2.82 bits per heavy atom. The number of carbonyl (C=O) groups is 1. The Morgan fingerprint density at radius 2 is 2.09 bits per heavy atom. The molecule has 2 amide bonds. The second kappa shape index (κ2) is 7.11. The first kappa shape index (κ1) is 15.3. The summed E-state index contributed by atoms with van der Waals surface area (Å²) in [5, 5.41) is 3.09. The van der Waals surface area contributed by atoms with E-state index in [1.807, 2.05) is 30.0 Å². The average Bonchev–Trinajstić information content (AvgIpc) is 2.94. The fraction of sp³-hybridized carbons (Fsp3) is 0.588. The van der Waals surface area contributed by atoms with Crippen LogP contribution in [-0.2, 0) is 15.9 Å². The lowest BCUT2D eigenvalue weighted by Gasteiger charge is -2.34. The molecule has 22 heavy (non-hydrogen) atoms. The average molecular weight is 304 g/mol. The van der Waals surface area contributed by atoms with Gasteiger partial charge in [0.25, 0.3) is 0 Å². The molecule has 2 aliphatic rings. The van der Waals surface area contributed by atoms with Crippen molar-refractivity contribution in [1.82, 2.24) is 10.2 Å². The van der Waals surface area contributed by atoms with E-state index in [1.165, 1.54) is 5.56 Å². The Balaban J connectivity index is 1.52. The van der Waals surface area contributed by atoms with Crippen molar-refractivity contribution < 1.29 is 14.3 Å². The molecule has 3 atom stereocenters. The lowest BCUT2D eigenvalue weighted by Crippen LogP contribution is -2.53. The van der Waals surface area contributed by atoms with Gasteiger partial charge < -0.3 is 19.7 Å². The number of nitrogens with one attached hydrogen (secondary N) is 1. The maximum Gasteiger partial charge on any atom is 0.317 e. The third-order valence-corrected chi connectivity index (χ3v) is 4.42. The first-order chi connectivity index (χ1) is 10.7. The molecule has 5 heteroatoms. The van der Waals surface area contributed by atoms with E-state index in [0.717, 1.165) is 19.4 Å². The zero-order valence-corrected chi connectivity index (χ0v) is 13.0. The van der Waals surface area contributed by atoms with Gasteiger partial charge in [0.15, 0.2) is 0 Å². The van der Waals surface area contributed by atoms with Crippen molar-refractivity contribution in [2.24, 2.45) is 0 Å². The van der Waals surface area contributed by atoms with Crippen LogP contribution in [0.3, 0.4) is 0 Å². The largest absolute Gasteiger partial charge is 0.376 e. The summed E-state index contributed by atoms with van der Waals surface area (Å²) in [6, 6.07) is 10.4. The van der Waals surface area contributed by atoms with Crippen LogP contribution in [0, 0.1) is 0 Å². The number of urea groups is 1. The Kier molecular flexibility index (Phi) is 4.95. The molecule has 2 saturated heterocycles. The van der Waals surface area contributed by atoms with Crippen molar-refractivity contribution in [2.75, 3.05) is 26.3 Å². The number of carbonyl (C=O) groups excluding carboxylic acids is 1. The second-order valence-electron chi connectivity index (χ2n) is 6.05. The zero-order valence-electron chi connectivity index (χ0n) is 13.0. The number of morpholine rings is 1. The number of hydrogen-bond acceptors (Lipinski definition) is 3. The van der Waals surface area contributed by atoms with E-state index in [9.17, 15) is 4.79 Å². The summed E-state index contributed by atoms with van der Waals surface area (Å²) >= 11 is 0. The first-order valence-corrected chi connectivity index (χ1v) is 8.05.